The van der Waals surface area contributed by atoms with E-state index in [0.29, 0.717) is 24.5 Å². The molecule has 24 heavy (non-hydrogen) atoms. The van der Waals surface area contributed by atoms with E-state index in [0.717, 1.165) is 24.5 Å². The maximum Gasteiger partial charge on any atom is 0.243 e. The molecular formula is C16H20N4O3S. The summed E-state index contributed by atoms with van der Waals surface area (Å²) in [5.41, 5.74) is 0. The second kappa shape index (κ2) is 5.94. The second-order valence-electron chi connectivity index (χ2n) is 6.31. The number of methoxy groups -OCH3 is 1. The van der Waals surface area contributed by atoms with Crippen molar-refractivity contribution in [2.75, 3.05) is 7.11 Å². The van der Waals surface area contributed by atoms with E-state index in [9.17, 15) is 8.42 Å². The summed E-state index contributed by atoms with van der Waals surface area (Å²) in [5.74, 6) is 1.61. The van der Waals surface area contributed by atoms with Gasteiger partial charge in [0.05, 0.1) is 4.90 Å². The number of hydrogen-bond donors (Lipinski definition) is 0. The number of fused-ring (bicyclic) bond motifs is 3. The van der Waals surface area contributed by atoms with Gasteiger partial charge in [0.25, 0.3) is 0 Å². The molecule has 4 rings (SSSR count). The first-order valence-corrected chi connectivity index (χ1v) is 9.53. The maximum atomic E-state index is 13.1. The van der Waals surface area contributed by atoms with Crippen molar-refractivity contribution in [3.63, 3.8) is 0 Å². The summed E-state index contributed by atoms with van der Waals surface area (Å²) >= 11 is 0. The van der Waals surface area contributed by atoms with E-state index in [2.05, 4.69) is 10.2 Å². The van der Waals surface area contributed by atoms with Crippen molar-refractivity contribution in [3.05, 3.63) is 42.0 Å². The summed E-state index contributed by atoms with van der Waals surface area (Å²) in [6.45, 7) is 0.972. The maximum absolute atomic E-state index is 13.1. The van der Waals surface area contributed by atoms with Crippen LogP contribution in [-0.4, -0.2) is 46.7 Å². The van der Waals surface area contributed by atoms with Gasteiger partial charge in [-0.3, -0.25) is 0 Å². The van der Waals surface area contributed by atoms with Crippen LogP contribution in [0.25, 0.3) is 0 Å². The van der Waals surface area contributed by atoms with Gasteiger partial charge in [0, 0.05) is 32.2 Å². The summed E-state index contributed by atoms with van der Waals surface area (Å²) in [4.78, 5) is 0.358. The highest BCUT2D eigenvalue weighted by molar-refractivity contribution is 7.89. The topological polar surface area (TPSA) is 77.3 Å². The van der Waals surface area contributed by atoms with Gasteiger partial charge in [0.1, 0.15) is 12.4 Å². The number of benzene rings is 1. The van der Waals surface area contributed by atoms with E-state index in [1.54, 1.807) is 35.7 Å². The number of rotatable bonds is 4. The summed E-state index contributed by atoms with van der Waals surface area (Å²) < 4.78 is 35.2. The number of hydrogen-bond acceptors (Lipinski definition) is 5. The Morgan fingerprint density at radius 1 is 1.17 bits per heavy atom. The minimum absolute atomic E-state index is 0.0546. The van der Waals surface area contributed by atoms with Crippen LogP contribution < -0.4 is 0 Å². The third-order valence-corrected chi connectivity index (χ3v) is 6.88. The van der Waals surface area contributed by atoms with Crippen LogP contribution in [0.5, 0.6) is 0 Å². The van der Waals surface area contributed by atoms with Crippen molar-refractivity contribution in [3.8, 4) is 0 Å². The number of ether oxygens (including phenoxy) is 1. The standard InChI is InChI=1S/C16H20N4O3S/c1-23-11-16-18-17-15-9-12-7-8-13(10-19(15)16)20(12)24(21,22)14-5-3-2-4-6-14/h2-6,12-13H,7-11H2,1H3. The summed E-state index contributed by atoms with van der Waals surface area (Å²) in [6.07, 6.45) is 2.32. The molecule has 0 saturated carbocycles. The lowest BCUT2D eigenvalue weighted by molar-refractivity contribution is 0.172. The van der Waals surface area contributed by atoms with Crippen molar-refractivity contribution >= 4 is 10.0 Å². The van der Waals surface area contributed by atoms with Gasteiger partial charge in [-0.2, -0.15) is 4.31 Å². The Bertz CT molecular complexity index is 834. The molecule has 128 valence electrons. The molecule has 2 unspecified atom stereocenters. The molecule has 2 aromatic rings. The number of sulfonamides is 1. The van der Waals surface area contributed by atoms with Crippen molar-refractivity contribution < 1.29 is 13.2 Å². The predicted molar refractivity (Wildman–Crippen MR) is 86.7 cm³/mol. The lowest BCUT2D eigenvalue weighted by atomic mass is 10.1. The van der Waals surface area contributed by atoms with Gasteiger partial charge in [-0.15, -0.1) is 10.2 Å². The smallest absolute Gasteiger partial charge is 0.243 e. The van der Waals surface area contributed by atoms with Gasteiger partial charge >= 0.3 is 0 Å². The molecule has 1 fully saturated rings. The molecule has 1 aromatic heterocycles. The number of aromatic nitrogens is 3. The highest BCUT2D eigenvalue weighted by Crippen LogP contribution is 2.36. The lowest BCUT2D eigenvalue weighted by Gasteiger charge is -2.27. The molecule has 7 nitrogen and oxygen atoms in total. The quantitative estimate of drug-likeness (QED) is 0.830. The molecule has 3 heterocycles. The molecule has 1 aromatic carbocycles. The van der Waals surface area contributed by atoms with Crippen molar-refractivity contribution in [2.45, 2.75) is 49.4 Å². The first-order chi connectivity index (χ1) is 11.6. The molecule has 2 aliphatic rings. The van der Waals surface area contributed by atoms with Crippen molar-refractivity contribution in [1.29, 1.82) is 0 Å². The van der Waals surface area contributed by atoms with Gasteiger partial charge in [-0.25, -0.2) is 8.42 Å². The highest BCUT2D eigenvalue weighted by atomic mass is 32.2. The SMILES string of the molecule is COCc1nnc2n1CC1CCC(C2)N1S(=O)(=O)c1ccccc1. The zero-order valence-electron chi connectivity index (χ0n) is 13.5. The van der Waals surface area contributed by atoms with Crippen LogP contribution in [0.1, 0.15) is 24.5 Å². The molecule has 2 bridgehead atoms. The van der Waals surface area contributed by atoms with E-state index in [1.165, 1.54) is 0 Å². The van der Waals surface area contributed by atoms with Gasteiger partial charge < -0.3 is 9.30 Å². The third kappa shape index (κ3) is 2.45. The monoisotopic (exact) mass is 348 g/mol. The predicted octanol–water partition coefficient (Wildman–Crippen LogP) is 1.20. The second-order valence-corrected chi connectivity index (χ2v) is 8.16. The Kier molecular flexibility index (Phi) is 3.90. The Morgan fingerprint density at radius 3 is 2.67 bits per heavy atom. The van der Waals surface area contributed by atoms with Crippen LogP contribution in [-0.2, 0) is 34.3 Å². The van der Waals surface area contributed by atoms with Gasteiger partial charge in [0.15, 0.2) is 5.82 Å². The van der Waals surface area contributed by atoms with E-state index in [4.69, 9.17) is 4.74 Å². The van der Waals surface area contributed by atoms with E-state index >= 15 is 0 Å². The average Bonchev–Trinajstić information content (AvgIpc) is 3.09. The molecule has 0 amide bonds. The zero-order chi connectivity index (χ0) is 16.7. The highest BCUT2D eigenvalue weighted by Gasteiger charge is 2.45. The summed E-state index contributed by atoms with van der Waals surface area (Å²) in [6, 6.07) is 8.56. The van der Waals surface area contributed by atoms with Crippen molar-refractivity contribution in [2.24, 2.45) is 0 Å². The van der Waals surface area contributed by atoms with Gasteiger partial charge in [-0.1, -0.05) is 18.2 Å². The Hall–Kier alpha value is -1.77. The zero-order valence-corrected chi connectivity index (χ0v) is 14.3. The van der Waals surface area contributed by atoms with Crippen LogP contribution in [0.2, 0.25) is 0 Å². The first kappa shape index (κ1) is 15.7. The Morgan fingerprint density at radius 2 is 1.92 bits per heavy atom. The van der Waals surface area contributed by atoms with Crippen LogP contribution in [0.3, 0.4) is 0 Å². The average molecular weight is 348 g/mol. The molecule has 0 radical (unpaired) electrons. The van der Waals surface area contributed by atoms with E-state index in [-0.39, 0.29) is 12.1 Å². The largest absolute Gasteiger partial charge is 0.377 e. The molecular weight excluding hydrogens is 328 g/mol. The first-order valence-electron chi connectivity index (χ1n) is 8.09. The number of nitrogens with zero attached hydrogens (tertiary/aromatic N) is 4. The van der Waals surface area contributed by atoms with Gasteiger partial charge in [0.2, 0.25) is 10.0 Å². The normalized spacial score (nSPS) is 23.9. The van der Waals surface area contributed by atoms with E-state index < -0.39 is 10.0 Å². The van der Waals surface area contributed by atoms with Crippen LogP contribution in [0.15, 0.2) is 35.2 Å². The minimum atomic E-state index is -3.50. The molecule has 1 saturated heterocycles. The molecule has 2 atom stereocenters. The van der Waals surface area contributed by atoms with Crippen molar-refractivity contribution in [1.82, 2.24) is 19.1 Å². The fraction of sp³-hybridized carbons (Fsp3) is 0.500. The molecule has 0 spiro atoms. The minimum Gasteiger partial charge on any atom is -0.377 e. The molecule has 2 aliphatic heterocycles. The fourth-order valence-electron chi connectivity index (χ4n) is 3.80. The fourth-order valence-corrected chi connectivity index (χ4v) is 5.68. The van der Waals surface area contributed by atoms with Crippen LogP contribution >= 0.6 is 0 Å². The molecule has 8 heteroatoms. The third-order valence-electron chi connectivity index (χ3n) is 4.86. The van der Waals surface area contributed by atoms with Crippen LogP contribution in [0.4, 0.5) is 0 Å². The summed E-state index contributed by atoms with van der Waals surface area (Å²) in [7, 11) is -1.88. The summed E-state index contributed by atoms with van der Waals surface area (Å²) in [5, 5.41) is 8.45. The molecule has 0 N–H and O–H groups in total. The van der Waals surface area contributed by atoms with Gasteiger partial charge in [-0.05, 0) is 25.0 Å². The lowest BCUT2D eigenvalue weighted by Crippen LogP contribution is -2.42. The Balaban J connectivity index is 1.71. The molecule has 0 aliphatic carbocycles. The Labute approximate surface area is 141 Å². The van der Waals surface area contributed by atoms with E-state index in [1.807, 2.05) is 10.6 Å². The van der Waals surface area contributed by atoms with Crippen LogP contribution in [0, 0.1) is 0 Å².